The Labute approximate surface area is 213 Å². The van der Waals surface area contributed by atoms with Crippen LogP contribution in [0.5, 0.6) is 0 Å². The van der Waals surface area contributed by atoms with Crippen LogP contribution in [0.3, 0.4) is 0 Å². The molecule has 11 heteroatoms. The fourth-order valence-electron chi connectivity index (χ4n) is 4.76. The number of halogens is 1. The van der Waals surface area contributed by atoms with Crippen molar-refractivity contribution in [3.05, 3.63) is 53.5 Å². The predicted molar refractivity (Wildman–Crippen MR) is 134 cm³/mol. The summed E-state index contributed by atoms with van der Waals surface area (Å²) >= 11 is 0. The third-order valence-electron chi connectivity index (χ3n) is 7.04. The first-order valence-corrected chi connectivity index (χ1v) is 12.2. The number of benzene rings is 1. The van der Waals surface area contributed by atoms with Gasteiger partial charge in [-0.3, -0.25) is 9.59 Å². The van der Waals surface area contributed by atoms with Crippen LogP contribution in [0.15, 0.2) is 36.8 Å². The highest BCUT2D eigenvalue weighted by molar-refractivity contribution is 6.10. The number of nitriles is 1. The number of anilines is 2. The van der Waals surface area contributed by atoms with E-state index in [4.69, 9.17) is 0 Å². The Morgan fingerprint density at radius 1 is 1.35 bits per heavy atom. The van der Waals surface area contributed by atoms with Gasteiger partial charge in [0.25, 0.3) is 11.8 Å². The maximum Gasteiger partial charge on any atom is 0.261 e. The molecule has 37 heavy (non-hydrogen) atoms. The molecule has 5 rings (SSSR count). The number of aromatic nitrogens is 3. The fraction of sp³-hybridized carbons (Fsp3) is 0.423. The summed E-state index contributed by atoms with van der Waals surface area (Å²) in [6.07, 6.45) is 4.47. The Kier molecular flexibility index (Phi) is 6.29. The van der Waals surface area contributed by atoms with E-state index in [0.29, 0.717) is 59.6 Å². The number of carbonyl (C=O) groups excluding carboxylic acids is 2. The van der Waals surface area contributed by atoms with Gasteiger partial charge in [-0.25, -0.2) is 13.9 Å². The Morgan fingerprint density at radius 2 is 2.11 bits per heavy atom. The molecule has 2 aliphatic rings. The molecule has 2 aliphatic heterocycles. The van der Waals surface area contributed by atoms with E-state index >= 15 is 0 Å². The molecular weight excluding hydrogens is 477 g/mol. The smallest absolute Gasteiger partial charge is 0.261 e. The number of aliphatic hydroxyl groups is 1. The van der Waals surface area contributed by atoms with Crippen LogP contribution in [0.25, 0.3) is 5.65 Å². The Balaban J connectivity index is 1.47. The SMILES string of the molecule is CC(C)(O)[C@H](F)CN1Cc2cc(NC(=O)c3cnn4cccnc34)c(N3CCC(C#N)CC3)cc2C1=O. The third kappa shape index (κ3) is 4.72. The summed E-state index contributed by atoms with van der Waals surface area (Å²) in [6, 6.07) is 7.53. The predicted octanol–water partition coefficient (Wildman–Crippen LogP) is 2.79. The molecule has 1 saturated heterocycles. The van der Waals surface area contributed by atoms with Gasteiger partial charge in [-0.05, 0) is 50.5 Å². The van der Waals surface area contributed by atoms with E-state index in [1.54, 1.807) is 30.6 Å². The van der Waals surface area contributed by atoms with Gasteiger partial charge in [0.15, 0.2) is 5.65 Å². The number of nitrogens with one attached hydrogen (secondary N) is 1. The molecular formula is C26H28FN7O3. The highest BCUT2D eigenvalue weighted by atomic mass is 19.1. The number of fused-ring (bicyclic) bond motifs is 2. The summed E-state index contributed by atoms with van der Waals surface area (Å²) < 4.78 is 16.1. The van der Waals surface area contributed by atoms with E-state index < -0.39 is 17.7 Å². The molecule has 1 fully saturated rings. The van der Waals surface area contributed by atoms with Gasteiger partial charge < -0.3 is 20.2 Å². The molecule has 2 aromatic heterocycles. The van der Waals surface area contributed by atoms with Gasteiger partial charge in [-0.15, -0.1) is 0 Å². The summed E-state index contributed by atoms with van der Waals surface area (Å²) in [6.45, 7) is 3.87. The van der Waals surface area contributed by atoms with Crippen LogP contribution in [0.4, 0.5) is 15.8 Å². The fourth-order valence-corrected chi connectivity index (χ4v) is 4.76. The largest absolute Gasteiger partial charge is 0.387 e. The van der Waals surface area contributed by atoms with Gasteiger partial charge in [-0.2, -0.15) is 10.4 Å². The van der Waals surface area contributed by atoms with E-state index in [0.717, 1.165) is 0 Å². The molecule has 0 aliphatic carbocycles. The highest BCUT2D eigenvalue weighted by Gasteiger charge is 2.36. The molecule has 1 atom stereocenters. The molecule has 2 amide bonds. The lowest BCUT2D eigenvalue weighted by molar-refractivity contribution is -0.0159. The Hall–Kier alpha value is -4.04. The van der Waals surface area contributed by atoms with Crippen molar-refractivity contribution in [1.29, 1.82) is 5.26 Å². The number of rotatable bonds is 6. The lowest BCUT2D eigenvalue weighted by Gasteiger charge is -2.32. The van der Waals surface area contributed by atoms with Crippen LogP contribution in [-0.2, 0) is 6.54 Å². The summed E-state index contributed by atoms with van der Waals surface area (Å²) in [5.74, 6) is -0.748. The molecule has 0 radical (unpaired) electrons. The number of hydrogen-bond donors (Lipinski definition) is 2. The minimum Gasteiger partial charge on any atom is -0.387 e. The molecule has 4 heterocycles. The maximum absolute atomic E-state index is 14.6. The van der Waals surface area contributed by atoms with E-state index in [1.165, 1.54) is 29.5 Å². The third-order valence-corrected chi connectivity index (χ3v) is 7.04. The van der Waals surface area contributed by atoms with E-state index in [9.17, 15) is 24.3 Å². The minimum atomic E-state index is -1.61. The van der Waals surface area contributed by atoms with Gasteiger partial charge in [0.05, 0.1) is 35.8 Å². The number of hydrogen-bond acceptors (Lipinski definition) is 7. The zero-order valence-corrected chi connectivity index (χ0v) is 20.7. The topological polar surface area (TPSA) is 127 Å². The average Bonchev–Trinajstić information content (AvgIpc) is 3.44. The van der Waals surface area contributed by atoms with Gasteiger partial charge in [0, 0.05) is 43.5 Å². The second-order valence-electron chi connectivity index (χ2n) is 10.1. The summed E-state index contributed by atoms with van der Waals surface area (Å²) in [4.78, 5) is 34.1. The van der Waals surface area contributed by atoms with E-state index in [-0.39, 0.29) is 24.9 Å². The summed E-state index contributed by atoms with van der Waals surface area (Å²) in [5.41, 5.74) is 1.43. The van der Waals surface area contributed by atoms with Crippen molar-refractivity contribution in [3.63, 3.8) is 0 Å². The molecule has 0 unspecified atom stereocenters. The molecule has 10 nitrogen and oxygen atoms in total. The normalized spacial score (nSPS) is 17.1. The van der Waals surface area contributed by atoms with E-state index in [1.807, 2.05) is 0 Å². The minimum absolute atomic E-state index is 0.0333. The van der Waals surface area contributed by atoms with Crippen LogP contribution in [-0.4, -0.2) is 67.8 Å². The number of nitrogens with zero attached hydrogens (tertiary/aromatic N) is 6. The van der Waals surface area contributed by atoms with Crippen molar-refractivity contribution < 1.29 is 19.1 Å². The monoisotopic (exact) mass is 505 g/mol. The lowest BCUT2D eigenvalue weighted by Crippen LogP contribution is -2.42. The van der Waals surface area contributed by atoms with Crippen LogP contribution in [0, 0.1) is 17.2 Å². The quantitative estimate of drug-likeness (QED) is 0.527. The lowest BCUT2D eigenvalue weighted by atomic mass is 9.97. The first-order valence-electron chi connectivity index (χ1n) is 12.2. The van der Waals surface area contributed by atoms with Gasteiger partial charge in [0.1, 0.15) is 11.7 Å². The number of alkyl halides is 1. The number of carbonyl (C=O) groups is 2. The number of piperidine rings is 1. The molecule has 192 valence electrons. The van der Waals surface area contributed by atoms with Crippen molar-refractivity contribution >= 4 is 28.8 Å². The molecule has 3 aromatic rings. The summed E-state index contributed by atoms with van der Waals surface area (Å²) in [5, 5.41) is 26.5. The van der Waals surface area contributed by atoms with Crippen LogP contribution in [0.1, 0.15) is 53.0 Å². The Morgan fingerprint density at radius 3 is 2.81 bits per heavy atom. The first kappa shape index (κ1) is 24.6. The van der Waals surface area contributed by atoms with Crippen molar-refractivity contribution in [1.82, 2.24) is 19.5 Å². The standard InChI is InChI=1S/C26H28FN7O3/c1-26(2,37)22(27)15-33-14-17-10-20(31-24(35)19-13-30-34-7-3-6-29-23(19)34)21(11-18(17)25(33)36)32-8-4-16(12-28)5-9-32/h3,6-7,10-11,13,16,22,37H,4-5,8-9,14-15H2,1-2H3,(H,31,35)/t22-/m1/s1. The molecule has 2 N–H and O–H groups in total. The number of amides is 2. The zero-order valence-electron chi connectivity index (χ0n) is 20.7. The van der Waals surface area contributed by atoms with Crippen LogP contribution >= 0.6 is 0 Å². The average molecular weight is 506 g/mol. The molecule has 0 saturated carbocycles. The first-order chi connectivity index (χ1) is 17.7. The van der Waals surface area contributed by atoms with Crippen molar-refractivity contribution in [3.8, 4) is 6.07 Å². The molecule has 0 bridgehead atoms. The van der Waals surface area contributed by atoms with E-state index in [2.05, 4.69) is 26.4 Å². The highest BCUT2D eigenvalue weighted by Crippen LogP contribution is 2.37. The van der Waals surface area contributed by atoms with Crippen molar-refractivity contribution in [2.24, 2.45) is 5.92 Å². The summed E-state index contributed by atoms with van der Waals surface area (Å²) in [7, 11) is 0. The van der Waals surface area contributed by atoms with Gasteiger partial charge in [0.2, 0.25) is 0 Å². The molecule has 1 aromatic carbocycles. The zero-order chi connectivity index (χ0) is 26.3. The second kappa shape index (κ2) is 9.44. The second-order valence-corrected chi connectivity index (χ2v) is 10.1. The van der Waals surface area contributed by atoms with Crippen LogP contribution in [0.2, 0.25) is 0 Å². The van der Waals surface area contributed by atoms with Gasteiger partial charge in [-0.1, -0.05) is 0 Å². The van der Waals surface area contributed by atoms with Crippen molar-refractivity contribution in [2.45, 2.75) is 45.0 Å². The Bertz CT molecular complexity index is 1400. The molecule has 0 spiro atoms. The van der Waals surface area contributed by atoms with Crippen LogP contribution < -0.4 is 10.2 Å². The van der Waals surface area contributed by atoms with Crippen molar-refractivity contribution in [2.75, 3.05) is 29.9 Å². The van der Waals surface area contributed by atoms with Gasteiger partial charge >= 0.3 is 0 Å². The maximum atomic E-state index is 14.6.